The molecule has 1 aliphatic rings. The number of nitrogens with one attached hydrogen (secondary N) is 2. The average molecular weight is 400 g/mol. The number of aliphatic imine (C=N–C) groups is 1. The highest BCUT2D eigenvalue weighted by molar-refractivity contribution is 6.03. The number of fused-ring (bicyclic) bond motifs is 1. The van der Waals surface area contributed by atoms with Gasteiger partial charge in [-0.3, -0.25) is 9.83 Å². The van der Waals surface area contributed by atoms with E-state index in [1.807, 2.05) is 13.8 Å². The Bertz CT molecular complexity index is 1110. The lowest BCUT2D eigenvalue weighted by Gasteiger charge is -2.26. The summed E-state index contributed by atoms with van der Waals surface area (Å²) in [7, 11) is 0. The third-order valence-corrected chi connectivity index (χ3v) is 4.71. The van der Waals surface area contributed by atoms with Gasteiger partial charge in [0.05, 0.1) is 29.9 Å². The zero-order valence-corrected chi connectivity index (χ0v) is 16.6. The van der Waals surface area contributed by atoms with Gasteiger partial charge in [0.25, 0.3) is 0 Å². The second-order valence-electron chi connectivity index (χ2n) is 7.79. The SMILES string of the molecule is Cc1cc(F)cc([C@@H](C)Nc2ccn3ncc(C4=NC(C)(C)CON4)c3n2)c1F. The Kier molecular flexibility index (Phi) is 4.70. The first-order valence-electron chi connectivity index (χ1n) is 9.28. The van der Waals surface area contributed by atoms with E-state index in [2.05, 4.69) is 25.9 Å². The highest BCUT2D eigenvalue weighted by atomic mass is 19.1. The molecule has 3 heterocycles. The highest BCUT2D eigenvalue weighted by Crippen LogP contribution is 2.25. The molecule has 0 radical (unpaired) electrons. The molecule has 1 aliphatic heterocycles. The number of aryl methyl sites for hydroxylation is 1. The van der Waals surface area contributed by atoms with Crippen LogP contribution in [0.5, 0.6) is 0 Å². The van der Waals surface area contributed by atoms with Crippen molar-refractivity contribution in [2.45, 2.75) is 39.3 Å². The zero-order valence-electron chi connectivity index (χ0n) is 16.6. The van der Waals surface area contributed by atoms with Crippen LogP contribution in [-0.2, 0) is 4.84 Å². The monoisotopic (exact) mass is 400 g/mol. The third kappa shape index (κ3) is 3.77. The minimum Gasteiger partial charge on any atom is -0.363 e. The van der Waals surface area contributed by atoms with E-state index >= 15 is 0 Å². The molecule has 1 aromatic carbocycles. The van der Waals surface area contributed by atoms with Gasteiger partial charge >= 0.3 is 0 Å². The largest absolute Gasteiger partial charge is 0.363 e. The Balaban J connectivity index is 1.67. The molecule has 0 fully saturated rings. The van der Waals surface area contributed by atoms with Crippen molar-refractivity contribution in [1.82, 2.24) is 20.1 Å². The molecule has 152 valence electrons. The molecule has 2 N–H and O–H groups in total. The fourth-order valence-electron chi connectivity index (χ4n) is 3.24. The number of hydroxylamine groups is 1. The highest BCUT2D eigenvalue weighted by Gasteiger charge is 2.25. The first kappa shape index (κ1) is 19.3. The number of hydrogen-bond acceptors (Lipinski definition) is 6. The van der Waals surface area contributed by atoms with Crippen LogP contribution >= 0.6 is 0 Å². The smallest absolute Gasteiger partial charge is 0.168 e. The van der Waals surface area contributed by atoms with E-state index in [9.17, 15) is 8.78 Å². The predicted octanol–water partition coefficient (Wildman–Crippen LogP) is 3.55. The summed E-state index contributed by atoms with van der Waals surface area (Å²) in [5, 5.41) is 7.43. The molecule has 0 saturated heterocycles. The fourth-order valence-corrected chi connectivity index (χ4v) is 3.24. The van der Waals surface area contributed by atoms with Gasteiger partial charge in [-0.05, 0) is 51.5 Å². The predicted molar refractivity (Wildman–Crippen MR) is 106 cm³/mol. The van der Waals surface area contributed by atoms with Crippen LogP contribution in [0.25, 0.3) is 5.65 Å². The molecule has 0 aliphatic carbocycles. The molecule has 1 atom stereocenters. The lowest BCUT2D eigenvalue weighted by atomic mass is 10.0. The zero-order chi connectivity index (χ0) is 20.8. The van der Waals surface area contributed by atoms with E-state index in [4.69, 9.17) is 4.84 Å². The van der Waals surface area contributed by atoms with E-state index in [1.165, 1.54) is 12.1 Å². The van der Waals surface area contributed by atoms with Crippen LogP contribution in [0.4, 0.5) is 14.6 Å². The van der Waals surface area contributed by atoms with Crippen LogP contribution in [0.2, 0.25) is 0 Å². The van der Waals surface area contributed by atoms with Gasteiger partial charge in [-0.2, -0.15) is 5.10 Å². The summed E-state index contributed by atoms with van der Waals surface area (Å²) < 4.78 is 29.8. The number of nitrogens with zero attached hydrogens (tertiary/aromatic N) is 4. The van der Waals surface area contributed by atoms with Gasteiger partial charge in [-0.15, -0.1) is 0 Å². The molecule has 0 bridgehead atoms. The molecule has 7 nitrogen and oxygen atoms in total. The van der Waals surface area contributed by atoms with Crippen molar-refractivity contribution in [2.75, 3.05) is 11.9 Å². The molecule has 3 aromatic rings. The Morgan fingerprint density at radius 2 is 2.10 bits per heavy atom. The number of aromatic nitrogens is 3. The van der Waals surface area contributed by atoms with E-state index in [-0.39, 0.29) is 16.7 Å². The standard InChI is InChI=1S/C20H22F2N6O/c1-11-7-13(21)8-14(17(11)22)12(2)24-16-5-6-28-19(25-16)15(9-23-28)18-26-20(3,4)10-29-27-18/h5-9,12H,10H2,1-4H3,(H,24,25)(H,26,27)/t12-/m1/s1. The molecular formula is C20H22F2N6O. The Labute approximate surface area is 166 Å². The second-order valence-corrected chi connectivity index (χ2v) is 7.79. The molecule has 0 spiro atoms. The number of halogens is 2. The van der Waals surface area contributed by atoms with Gasteiger partial charge in [-0.1, -0.05) is 0 Å². The van der Waals surface area contributed by atoms with Gasteiger partial charge in [-0.25, -0.2) is 23.8 Å². The van der Waals surface area contributed by atoms with E-state index in [0.717, 1.165) is 0 Å². The first-order valence-corrected chi connectivity index (χ1v) is 9.28. The second kappa shape index (κ2) is 7.07. The summed E-state index contributed by atoms with van der Waals surface area (Å²) in [4.78, 5) is 14.7. The number of rotatable bonds is 4. The van der Waals surface area contributed by atoms with Crippen molar-refractivity contribution in [3.8, 4) is 0 Å². The Morgan fingerprint density at radius 3 is 2.86 bits per heavy atom. The van der Waals surface area contributed by atoms with Gasteiger partial charge in [0.1, 0.15) is 17.5 Å². The van der Waals surface area contributed by atoms with Crippen molar-refractivity contribution >= 4 is 17.3 Å². The van der Waals surface area contributed by atoms with Crippen molar-refractivity contribution in [3.63, 3.8) is 0 Å². The number of hydrogen-bond donors (Lipinski definition) is 2. The normalized spacial score (nSPS) is 17.0. The first-order chi connectivity index (χ1) is 13.7. The number of benzene rings is 1. The van der Waals surface area contributed by atoms with Crippen molar-refractivity contribution in [2.24, 2.45) is 4.99 Å². The van der Waals surface area contributed by atoms with Crippen LogP contribution in [0.3, 0.4) is 0 Å². The molecule has 0 amide bonds. The average Bonchev–Trinajstić information content (AvgIpc) is 3.07. The minimum absolute atomic E-state index is 0.242. The maximum atomic E-state index is 14.4. The van der Waals surface area contributed by atoms with Gasteiger partial charge in [0, 0.05) is 11.8 Å². The molecule has 2 aromatic heterocycles. The van der Waals surface area contributed by atoms with Crippen LogP contribution in [0, 0.1) is 18.6 Å². The van der Waals surface area contributed by atoms with E-state index in [1.54, 1.807) is 36.8 Å². The molecule has 9 heteroatoms. The molecule has 4 rings (SSSR count). The van der Waals surface area contributed by atoms with Crippen molar-refractivity contribution < 1.29 is 13.6 Å². The lowest BCUT2D eigenvalue weighted by molar-refractivity contribution is 0.0406. The summed E-state index contributed by atoms with van der Waals surface area (Å²) in [6, 6.07) is 3.61. The van der Waals surface area contributed by atoms with Crippen LogP contribution < -0.4 is 10.8 Å². The summed E-state index contributed by atoms with van der Waals surface area (Å²) in [5.41, 5.74) is 4.20. The van der Waals surface area contributed by atoms with Crippen LogP contribution in [-0.4, -0.2) is 32.6 Å². The van der Waals surface area contributed by atoms with Crippen molar-refractivity contribution in [1.29, 1.82) is 0 Å². The summed E-state index contributed by atoms with van der Waals surface area (Å²) >= 11 is 0. The van der Waals surface area contributed by atoms with Crippen molar-refractivity contribution in [3.05, 3.63) is 58.9 Å². The maximum Gasteiger partial charge on any atom is 0.168 e. The molecule has 0 unspecified atom stereocenters. The van der Waals surface area contributed by atoms with Gasteiger partial charge < -0.3 is 5.32 Å². The minimum atomic E-state index is -0.488. The summed E-state index contributed by atoms with van der Waals surface area (Å²) in [6.07, 6.45) is 3.39. The fraction of sp³-hybridized carbons (Fsp3) is 0.350. The van der Waals surface area contributed by atoms with Gasteiger partial charge in [0.15, 0.2) is 11.5 Å². The summed E-state index contributed by atoms with van der Waals surface area (Å²) in [6.45, 7) is 7.68. The molecular weight excluding hydrogens is 378 g/mol. The van der Waals surface area contributed by atoms with E-state index in [0.29, 0.717) is 29.5 Å². The van der Waals surface area contributed by atoms with E-state index < -0.39 is 17.7 Å². The lowest BCUT2D eigenvalue weighted by Crippen LogP contribution is -2.40. The molecule has 0 saturated carbocycles. The Morgan fingerprint density at radius 1 is 1.31 bits per heavy atom. The van der Waals surface area contributed by atoms with Crippen LogP contribution in [0.15, 0.2) is 35.6 Å². The topological polar surface area (TPSA) is 75.8 Å². The van der Waals surface area contributed by atoms with Gasteiger partial charge in [0.2, 0.25) is 0 Å². The quantitative estimate of drug-likeness (QED) is 0.701. The number of amidine groups is 1. The Hall–Kier alpha value is -3.07. The maximum absolute atomic E-state index is 14.4. The van der Waals surface area contributed by atoms with Crippen LogP contribution in [0.1, 0.15) is 43.5 Å². The third-order valence-electron chi connectivity index (χ3n) is 4.71. The number of anilines is 1. The molecule has 29 heavy (non-hydrogen) atoms. The summed E-state index contributed by atoms with van der Waals surface area (Å²) in [5.74, 6) is 0.140.